The average molecular weight is 489 g/mol. The molecule has 12 heteroatoms. The Labute approximate surface area is 204 Å². The highest BCUT2D eigenvalue weighted by Gasteiger charge is 2.16. The van der Waals surface area contributed by atoms with Crippen molar-refractivity contribution in [3.63, 3.8) is 0 Å². The van der Waals surface area contributed by atoms with Crippen LogP contribution in [0.4, 0.5) is 17.5 Å². The Hall–Kier alpha value is -5.00. The molecule has 2 aromatic heterocycles. The molecule has 12 nitrogen and oxygen atoms in total. The summed E-state index contributed by atoms with van der Waals surface area (Å²) < 4.78 is 7.41. The van der Waals surface area contributed by atoms with E-state index < -0.39 is 16.3 Å². The SMILES string of the molecule is COc1ccc(Cn2c(=O)nc(NCc3cccnc3N)n(Cc3cccc([N+](=O)[O-])c3)c2=O)cc1. The first-order chi connectivity index (χ1) is 17.4. The van der Waals surface area contributed by atoms with Gasteiger partial charge in [0.05, 0.1) is 25.1 Å². The molecule has 0 unspecified atom stereocenters. The smallest absolute Gasteiger partial charge is 0.355 e. The number of hydrogen-bond acceptors (Lipinski definition) is 9. The van der Waals surface area contributed by atoms with Crippen LogP contribution in [0.1, 0.15) is 16.7 Å². The minimum Gasteiger partial charge on any atom is -0.497 e. The molecule has 184 valence electrons. The molecule has 2 heterocycles. The fourth-order valence-corrected chi connectivity index (χ4v) is 3.58. The number of hydrogen-bond donors (Lipinski definition) is 2. The number of nitrogens with one attached hydrogen (secondary N) is 1. The van der Waals surface area contributed by atoms with E-state index in [1.54, 1.807) is 55.8 Å². The fraction of sp³-hybridized carbons (Fsp3) is 0.167. The summed E-state index contributed by atoms with van der Waals surface area (Å²) in [5.74, 6) is 0.942. The molecule has 2 aromatic carbocycles. The van der Waals surface area contributed by atoms with E-state index in [9.17, 15) is 19.7 Å². The van der Waals surface area contributed by atoms with Crippen molar-refractivity contribution < 1.29 is 9.66 Å². The van der Waals surface area contributed by atoms with E-state index in [0.717, 1.165) is 4.57 Å². The van der Waals surface area contributed by atoms with Gasteiger partial charge in [0.2, 0.25) is 5.95 Å². The van der Waals surface area contributed by atoms with E-state index in [1.807, 2.05) is 0 Å². The van der Waals surface area contributed by atoms with Gasteiger partial charge in [0.15, 0.2) is 0 Å². The van der Waals surface area contributed by atoms with E-state index in [1.165, 1.54) is 22.8 Å². The van der Waals surface area contributed by atoms with Gasteiger partial charge in [-0.1, -0.05) is 30.3 Å². The van der Waals surface area contributed by atoms with Crippen molar-refractivity contribution in [1.29, 1.82) is 0 Å². The van der Waals surface area contributed by atoms with Crippen molar-refractivity contribution in [3.8, 4) is 5.75 Å². The molecular weight excluding hydrogens is 466 g/mol. The minimum absolute atomic E-state index is 0.00531. The van der Waals surface area contributed by atoms with E-state index >= 15 is 0 Å². The number of anilines is 2. The van der Waals surface area contributed by atoms with Gasteiger partial charge >= 0.3 is 11.4 Å². The van der Waals surface area contributed by atoms with Crippen LogP contribution in [-0.2, 0) is 19.6 Å². The molecule has 0 fully saturated rings. The summed E-state index contributed by atoms with van der Waals surface area (Å²) >= 11 is 0. The highest BCUT2D eigenvalue weighted by Crippen LogP contribution is 2.16. The molecule has 4 aromatic rings. The van der Waals surface area contributed by atoms with Gasteiger partial charge in [-0.3, -0.25) is 14.7 Å². The summed E-state index contributed by atoms with van der Waals surface area (Å²) in [5.41, 5.74) is 6.26. The number of nitrogen functional groups attached to an aromatic ring is 1. The van der Waals surface area contributed by atoms with Crippen molar-refractivity contribution >= 4 is 17.5 Å². The molecular formula is C24H23N7O5. The quantitative estimate of drug-likeness (QED) is 0.265. The van der Waals surface area contributed by atoms with Crippen molar-refractivity contribution in [2.45, 2.75) is 19.6 Å². The zero-order chi connectivity index (χ0) is 25.7. The number of methoxy groups -OCH3 is 1. The molecule has 0 bridgehead atoms. The van der Waals surface area contributed by atoms with Crippen LogP contribution in [-0.4, -0.2) is 31.1 Å². The standard InChI is InChI=1S/C24H23N7O5/c1-36-20-9-7-16(8-10-20)14-30-23(32)28-22(27-13-18-5-3-11-26-21(18)25)29(24(30)33)15-17-4-2-6-19(12-17)31(34)35/h2-12H,13-15H2,1H3,(H2,25,26)(H,27,28,32). The lowest BCUT2D eigenvalue weighted by Crippen LogP contribution is -2.43. The summed E-state index contributed by atoms with van der Waals surface area (Å²) in [7, 11) is 1.54. The van der Waals surface area contributed by atoms with Crippen LogP contribution in [0.2, 0.25) is 0 Å². The molecule has 3 N–H and O–H groups in total. The van der Waals surface area contributed by atoms with Gasteiger partial charge in [-0.25, -0.2) is 19.1 Å². The first-order valence-electron chi connectivity index (χ1n) is 10.9. The summed E-state index contributed by atoms with van der Waals surface area (Å²) in [6, 6.07) is 16.3. The first-order valence-corrected chi connectivity index (χ1v) is 10.9. The van der Waals surface area contributed by atoms with Crippen molar-refractivity contribution in [1.82, 2.24) is 19.1 Å². The molecule has 36 heavy (non-hydrogen) atoms. The third-order valence-electron chi connectivity index (χ3n) is 5.47. The van der Waals surface area contributed by atoms with Crippen LogP contribution >= 0.6 is 0 Å². The second-order valence-corrected chi connectivity index (χ2v) is 7.85. The second-order valence-electron chi connectivity index (χ2n) is 7.85. The van der Waals surface area contributed by atoms with Crippen LogP contribution in [0.15, 0.2) is 76.4 Å². The third-order valence-corrected chi connectivity index (χ3v) is 5.47. The number of pyridine rings is 1. The second kappa shape index (κ2) is 10.5. The number of nitro benzene ring substituents is 1. The van der Waals surface area contributed by atoms with E-state index in [0.29, 0.717) is 28.3 Å². The van der Waals surface area contributed by atoms with E-state index in [2.05, 4.69) is 15.3 Å². The van der Waals surface area contributed by atoms with Crippen molar-refractivity contribution in [2.24, 2.45) is 0 Å². The zero-order valence-electron chi connectivity index (χ0n) is 19.3. The predicted molar refractivity (Wildman–Crippen MR) is 133 cm³/mol. The summed E-state index contributed by atoms with van der Waals surface area (Å²) in [6.45, 7) is 0.0870. The number of nitro groups is 1. The number of aromatic nitrogens is 4. The van der Waals surface area contributed by atoms with Crippen LogP contribution in [0.3, 0.4) is 0 Å². The van der Waals surface area contributed by atoms with Gasteiger partial charge in [0.1, 0.15) is 11.6 Å². The maximum atomic E-state index is 13.5. The molecule has 0 aliphatic carbocycles. The number of nitrogens with two attached hydrogens (primary N) is 1. The highest BCUT2D eigenvalue weighted by atomic mass is 16.6. The minimum atomic E-state index is -0.743. The maximum absolute atomic E-state index is 13.5. The zero-order valence-corrected chi connectivity index (χ0v) is 19.3. The Morgan fingerprint density at radius 3 is 2.47 bits per heavy atom. The molecule has 0 saturated heterocycles. The fourth-order valence-electron chi connectivity index (χ4n) is 3.58. The Morgan fingerprint density at radius 2 is 1.78 bits per heavy atom. The van der Waals surface area contributed by atoms with E-state index in [-0.39, 0.29) is 31.3 Å². The number of rotatable bonds is 9. The number of nitrogens with zero attached hydrogens (tertiary/aromatic N) is 5. The molecule has 0 radical (unpaired) electrons. The van der Waals surface area contributed by atoms with Gasteiger partial charge in [0, 0.05) is 30.4 Å². The van der Waals surface area contributed by atoms with Crippen molar-refractivity contribution in [3.05, 3.63) is 115 Å². The Bertz CT molecular complexity index is 1510. The normalized spacial score (nSPS) is 10.7. The van der Waals surface area contributed by atoms with Crippen LogP contribution < -0.4 is 27.2 Å². The average Bonchev–Trinajstić information content (AvgIpc) is 2.88. The lowest BCUT2D eigenvalue weighted by atomic mass is 10.2. The van der Waals surface area contributed by atoms with Crippen molar-refractivity contribution in [2.75, 3.05) is 18.2 Å². The lowest BCUT2D eigenvalue weighted by molar-refractivity contribution is -0.384. The number of benzene rings is 2. The predicted octanol–water partition coefficient (Wildman–Crippen LogP) is 2.01. The Balaban J connectivity index is 1.74. The van der Waals surface area contributed by atoms with Gasteiger partial charge in [-0.2, -0.15) is 4.98 Å². The molecule has 4 rings (SSSR count). The first kappa shape index (κ1) is 24.1. The third kappa shape index (κ3) is 5.38. The van der Waals surface area contributed by atoms with Gasteiger partial charge < -0.3 is 15.8 Å². The van der Waals surface area contributed by atoms with Crippen LogP contribution in [0.25, 0.3) is 0 Å². The summed E-state index contributed by atoms with van der Waals surface area (Å²) in [4.78, 5) is 45.2. The number of ether oxygens (including phenoxy) is 1. The molecule has 0 aliphatic rings. The van der Waals surface area contributed by atoms with Crippen LogP contribution in [0, 0.1) is 10.1 Å². The monoisotopic (exact) mass is 489 g/mol. The molecule has 0 atom stereocenters. The topological polar surface area (TPSA) is 160 Å². The van der Waals surface area contributed by atoms with E-state index in [4.69, 9.17) is 10.5 Å². The van der Waals surface area contributed by atoms with Gasteiger partial charge in [-0.05, 0) is 29.3 Å². The molecule has 0 aliphatic heterocycles. The van der Waals surface area contributed by atoms with Crippen LogP contribution in [0.5, 0.6) is 5.75 Å². The highest BCUT2D eigenvalue weighted by molar-refractivity contribution is 5.41. The van der Waals surface area contributed by atoms with Gasteiger partial charge in [-0.15, -0.1) is 0 Å². The Kier molecular flexibility index (Phi) is 7.04. The summed E-state index contributed by atoms with van der Waals surface area (Å²) in [5, 5.41) is 14.2. The van der Waals surface area contributed by atoms with Gasteiger partial charge in [0.25, 0.3) is 5.69 Å². The summed E-state index contributed by atoms with van der Waals surface area (Å²) in [6.07, 6.45) is 1.55. The molecule has 0 saturated carbocycles. The lowest BCUT2D eigenvalue weighted by Gasteiger charge is -2.16. The molecule has 0 amide bonds. The number of non-ortho nitro benzene ring substituents is 1. The molecule has 0 spiro atoms. The largest absolute Gasteiger partial charge is 0.497 e. The Morgan fingerprint density at radius 1 is 1.03 bits per heavy atom. The maximum Gasteiger partial charge on any atom is 0.355 e.